The Hall–Kier alpha value is -4.41. The Morgan fingerprint density at radius 1 is 1.11 bits per heavy atom. The number of ether oxygens (including phenoxy) is 1. The summed E-state index contributed by atoms with van der Waals surface area (Å²) in [6.45, 7) is 1.39. The van der Waals surface area contributed by atoms with Gasteiger partial charge in [0.1, 0.15) is 18.8 Å². The molecule has 1 fully saturated rings. The van der Waals surface area contributed by atoms with Gasteiger partial charge in [-0.15, -0.1) is 0 Å². The average Bonchev–Trinajstić information content (AvgIpc) is 3.11. The molecule has 0 radical (unpaired) electrons. The van der Waals surface area contributed by atoms with Gasteiger partial charge in [-0.2, -0.15) is 0 Å². The van der Waals surface area contributed by atoms with Crippen LogP contribution >= 0.6 is 23.2 Å². The van der Waals surface area contributed by atoms with Crippen LogP contribution in [0, 0.1) is 17.0 Å². The molecular weight excluding hydrogens is 535 g/mol. The molecule has 12 heteroatoms. The molecule has 4 amide bonds. The van der Waals surface area contributed by atoms with Crippen molar-refractivity contribution in [1.29, 1.82) is 0 Å². The predicted molar refractivity (Wildman–Crippen MR) is 142 cm³/mol. The lowest BCUT2D eigenvalue weighted by atomic mass is 10.1. The number of imide groups is 1. The zero-order chi connectivity index (χ0) is 27.4. The maximum Gasteiger partial charge on any atom is 0.329 e. The number of halogens is 2. The van der Waals surface area contributed by atoms with Crippen molar-refractivity contribution >= 4 is 58.5 Å². The molecule has 1 aliphatic rings. The zero-order valence-corrected chi connectivity index (χ0v) is 21.4. The monoisotopic (exact) mass is 554 g/mol. The molecule has 3 aromatic rings. The summed E-state index contributed by atoms with van der Waals surface area (Å²) in [5.74, 6) is -1.07. The summed E-state index contributed by atoms with van der Waals surface area (Å²) in [4.78, 5) is 48.8. The van der Waals surface area contributed by atoms with Crippen molar-refractivity contribution in [2.75, 3.05) is 11.9 Å². The molecule has 0 bridgehead atoms. The molecule has 0 saturated carbocycles. The number of carbonyl (C=O) groups excluding carboxylic acids is 3. The molecule has 0 aliphatic carbocycles. The molecule has 0 unspecified atom stereocenters. The van der Waals surface area contributed by atoms with Gasteiger partial charge >= 0.3 is 6.03 Å². The van der Waals surface area contributed by atoms with E-state index in [-0.39, 0.29) is 33.8 Å². The van der Waals surface area contributed by atoms with Gasteiger partial charge in [0.15, 0.2) is 5.75 Å². The summed E-state index contributed by atoms with van der Waals surface area (Å²) in [5.41, 5.74) is 2.31. The second kappa shape index (κ2) is 11.3. The van der Waals surface area contributed by atoms with Crippen molar-refractivity contribution < 1.29 is 24.0 Å². The highest BCUT2D eigenvalue weighted by Crippen LogP contribution is 2.35. The molecule has 38 heavy (non-hydrogen) atoms. The number of rotatable bonds is 8. The van der Waals surface area contributed by atoms with Crippen molar-refractivity contribution in [1.82, 2.24) is 10.2 Å². The fourth-order valence-electron chi connectivity index (χ4n) is 3.66. The fraction of sp³-hybridized carbons (Fsp3) is 0.115. The highest BCUT2D eigenvalue weighted by atomic mass is 35.5. The van der Waals surface area contributed by atoms with Gasteiger partial charge in [0, 0.05) is 17.8 Å². The molecule has 0 aromatic heterocycles. The third kappa shape index (κ3) is 6.28. The summed E-state index contributed by atoms with van der Waals surface area (Å²) in [7, 11) is 0. The second-order valence-corrected chi connectivity index (χ2v) is 9.14. The minimum absolute atomic E-state index is 0.0182. The van der Waals surface area contributed by atoms with E-state index in [2.05, 4.69) is 10.6 Å². The first-order chi connectivity index (χ1) is 18.1. The molecule has 2 N–H and O–H groups in total. The molecule has 4 rings (SSSR count). The summed E-state index contributed by atoms with van der Waals surface area (Å²) in [6.07, 6.45) is 1.38. The van der Waals surface area contributed by atoms with Crippen LogP contribution in [0.3, 0.4) is 0 Å². The van der Waals surface area contributed by atoms with Crippen LogP contribution in [0.1, 0.15) is 16.7 Å². The third-order valence-corrected chi connectivity index (χ3v) is 5.96. The second-order valence-electron chi connectivity index (χ2n) is 8.33. The summed E-state index contributed by atoms with van der Waals surface area (Å²) in [5, 5.41) is 16.3. The van der Waals surface area contributed by atoms with Gasteiger partial charge in [0.25, 0.3) is 11.6 Å². The van der Waals surface area contributed by atoms with Gasteiger partial charge in [-0.05, 0) is 54.0 Å². The number of hydrogen-bond donors (Lipinski definition) is 2. The van der Waals surface area contributed by atoms with Crippen molar-refractivity contribution in [3.05, 3.63) is 103 Å². The van der Waals surface area contributed by atoms with E-state index in [0.717, 1.165) is 10.5 Å². The van der Waals surface area contributed by atoms with E-state index in [0.29, 0.717) is 16.8 Å². The van der Waals surface area contributed by atoms with Gasteiger partial charge < -0.3 is 15.4 Å². The van der Waals surface area contributed by atoms with E-state index in [4.69, 9.17) is 27.9 Å². The van der Waals surface area contributed by atoms with Crippen LogP contribution in [-0.4, -0.2) is 34.2 Å². The third-order valence-electron chi connectivity index (χ3n) is 5.40. The average molecular weight is 555 g/mol. The number of nitrogens with one attached hydrogen (secondary N) is 2. The molecular formula is C26H20Cl2N4O6. The lowest BCUT2D eigenvalue weighted by molar-refractivity contribution is -0.384. The van der Waals surface area contributed by atoms with Crippen LogP contribution in [0.25, 0.3) is 6.08 Å². The first-order valence-electron chi connectivity index (χ1n) is 11.2. The van der Waals surface area contributed by atoms with Crippen molar-refractivity contribution in [2.45, 2.75) is 13.5 Å². The highest BCUT2D eigenvalue weighted by molar-refractivity contribution is 6.37. The number of nitro groups is 1. The number of hydrogen-bond acceptors (Lipinski definition) is 6. The molecule has 1 aliphatic heterocycles. The number of nitrogens with zero attached hydrogens (tertiary/aromatic N) is 2. The number of urea groups is 1. The van der Waals surface area contributed by atoms with Crippen molar-refractivity contribution in [3.63, 3.8) is 0 Å². The van der Waals surface area contributed by atoms with Gasteiger partial charge in [-0.25, -0.2) is 9.69 Å². The molecule has 3 aromatic carbocycles. The lowest BCUT2D eigenvalue weighted by Gasteiger charge is -2.12. The van der Waals surface area contributed by atoms with E-state index in [1.165, 1.54) is 36.4 Å². The van der Waals surface area contributed by atoms with Crippen LogP contribution in [0.15, 0.2) is 66.4 Å². The maximum atomic E-state index is 12.8. The smallest absolute Gasteiger partial charge is 0.329 e. The van der Waals surface area contributed by atoms with E-state index < -0.39 is 29.3 Å². The maximum absolute atomic E-state index is 12.8. The van der Waals surface area contributed by atoms with Crippen LogP contribution in [-0.2, 0) is 16.2 Å². The van der Waals surface area contributed by atoms with Gasteiger partial charge in [-0.3, -0.25) is 19.7 Å². The van der Waals surface area contributed by atoms with Gasteiger partial charge in [0.05, 0.1) is 15.0 Å². The van der Waals surface area contributed by atoms with Crippen LogP contribution in [0.5, 0.6) is 5.75 Å². The van der Waals surface area contributed by atoms with Crippen LogP contribution in [0.4, 0.5) is 16.2 Å². The molecule has 194 valence electrons. The largest absolute Gasteiger partial charge is 0.486 e. The summed E-state index contributed by atoms with van der Waals surface area (Å²) >= 11 is 12.7. The minimum atomic E-state index is -0.741. The normalized spacial score (nSPS) is 14.0. The Balaban J connectivity index is 1.44. The summed E-state index contributed by atoms with van der Waals surface area (Å²) in [6, 6.07) is 15.3. The van der Waals surface area contributed by atoms with E-state index in [1.807, 2.05) is 13.0 Å². The minimum Gasteiger partial charge on any atom is -0.486 e. The Morgan fingerprint density at radius 3 is 2.50 bits per heavy atom. The van der Waals surface area contributed by atoms with Crippen LogP contribution < -0.4 is 15.4 Å². The van der Waals surface area contributed by atoms with Crippen molar-refractivity contribution in [2.24, 2.45) is 0 Å². The van der Waals surface area contributed by atoms with E-state index in [1.54, 1.807) is 24.3 Å². The van der Waals surface area contributed by atoms with Gasteiger partial charge in [-0.1, -0.05) is 47.5 Å². The lowest BCUT2D eigenvalue weighted by Crippen LogP contribution is -2.38. The Labute approximate surface area is 226 Å². The Bertz CT molecular complexity index is 1470. The Kier molecular flexibility index (Phi) is 7.94. The first-order valence-corrected chi connectivity index (χ1v) is 11.9. The number of carbonyl (C=O) groups is 3. The molecule has 0 spiro atoms. The van der Waals surface area contributed by atoms with Gasteiger partial charge in [0.2, 0.25) is 5.91 Å². The zero-order valence-electron chi connectivity index (χ0n) is 19.9. The number of non-ortho nitro benzene ring substituents is 1. The number of nitro benzene ring substituents is 1. The molecule has 1 heterocycles. The number of aryl methyl sites for hydroxylation is 1. The fourth-order valence-corrected chi connectivity index (χ4v) is 4.28. The SMILES string of the molecule is Cc1cccc(NC(=O)CN2C(=O)N/C(=C/c3cc(Cl)c(OCc4cccc([N+](=O)[O-])c4)c(Cl)c3)C2=O)c1. The van der Waals surface area contributed by atoms with Crippen molar-refractivity contribution in [3.8, 4) is 5.75 Å². The number of anilines is 1. The first kappa shape index (κ1) is 26.6. The predicted octanol–water partition coefficient (Wildman–Crippen LogP) is 5.32. The standard InChI is InChI=1S/C26H20Cl2N4O6/c1-15-4-2-6-18(8-15)29-23(33)13-31-25(34)22(30-26(31)35)12-17-10-20(27)24(21(28)11-17)38-14-16-5-3-7-19(9-16)32(36)37/h2-12H,13-14H2,1H3,(H,29,33)(H,30,35)/b22-12+. The van der Waals surface area contributed by atoms with E-state index >= 15 is 0 Å². The van der Waals surface area contributed by atoms with Crippen LogP contribution in [0.2, 0.25) is 10.0 Å². The Morgan fingerprint density at radius 2 is 1.82 bits per heavy atom. The molecule has 1 saturated heterocycles. The highest BCUT2D eigenvalue weighted by Gasteiger charge is 2.35. The quantitative estimate of drug-likeness (QED) is 0.167. The number of amides is 4. The molecule has 0 atom stereocenters. The molecule has 10 nitrogen and oxygen atoms in total. The summed E-state index contributed by atoms with van der Waals surface area (Å²) < 4.78 is 5.67. The number of benzene rings is 3. The topological polar surface area (TPSA) is 131 Å². The van der Waals surface area contributed by atoms with E-state index in [9.17, 15) is 24.5 Å².